The fraction of sp³-hybridized carbons (Fsp3) is 0.500. The van der Waals surface area contributed by atoms with Crippen LogP contribution in [0.3, 0.4) is 0 Å². The number of hydrogen-bond acceptors (Lipinski definition) is 3. The van der Waals surface area contributed by atoms with E-state index in [4.69, 9.17) is 4.74 Å². The van der Waals surface area contributed by atoms with Crippen LogP contribution in [0, 0.1) is 5.92 Å². The molecule has 29 heavy (non-hydrogen) atoms. The molecule has 1 saturated heterocycles. The third-order valence-electron chi connectivity index (χ3n) is 6.31. The van der Waals surface area contributed by atoms with Crippen LogP contribution < -0.4 is 4.74 Å². The highest BCUT2D eigenvalue weighted by Crippen LogP contribution is 2.28. The van der Waals surface area contributed by atoms with E-state index in [0.717, 1.165) is 23.1 Å². The maximum absolute atomic E-state index is 12.5. The van der Waals surface area contributed by atoms with Gasteiger partial charge in [0.25, 0.3) is 5.91 Å². The molecule has 1 heterocycles. The van der Waals surface area contributed by atoms with Crippen LogP contribution in [0.2, 0.25) is 0 Å². The number of carbonyl (C=O) groups excluding carboxylic acids is 2. The van der Waals surface area contributed by atoms with Gasteiger partial charge < -0.3 is 14.5 Å². The predicted octanol–water partition coefficient (Wildman–Crippen LogP) is 3.86. The Morgan fingerprint density at radius 2 is 1.52 bits per heavy atom. The molecule has 2 aromatic carbocycles. The zero-order chi connectivity index (χ0) is 20.1. The van der Waals surface area contributed by atoms with E-state index in [9.17, 15) is 9.59 Å². The number of piperazine rings is 1. The zero-order valence-electron chi connectivity index (χ0n) is 17.0. The Hall–Kier alpha value is -2.56. The number of benzene rings is 2. The van der Waals surface area contributed by atoms with Crippen molar-refractivity contribution in [3.63, 3.8) is 0 Å². The number of rotatable bonds is 6. The van der Waals surface area contributed by atoms with Crippen molar-refractivity contribution in [3.05, 3.63) is 42.5 Å². The lowest BCUT2D eigenvalue weighted by atomic mass is 10.0. The van der Waals surface area contributed by atoms with E-state index in [0.29, 0.717) is 38.3 Å². The maximum atomic E-state index is 12.5. The van der Waals surface area contributed by atoms with Crippen LogP contribution in [0.4, 0.5) is 0 Å². The molecule has 0 N–H and O–H groups in total. The first-order valence-corrected chi connectivity index (χ1v) is 10.9. The lowest BCUT2D eigenvalue weighted by Crippen LogP contribution is -2.51. The lowest BCUT2D eigenvalue weighted by Gasteiger charge is -2.35. The van der Waals surface area contributed by atoms with Crippen LogP contribution in [-0.4, -0.2) is 54.4 Å². The summed E-state index contributed by atoms with van der Waals surface area (Å²) in [6.07, 6.45) is 6.89. The molecule has 0 bridgehead atoms. The van der Waals surface area contributed by atoms with Crippen LogP contribution in [0.5, 0.6) is 5.75 Å². The van der Waals surface area contributed by atoms with Crippen LogP contribution in [-0.2, 0) is 9.59 Å². The smallest absolute Gasteiger partial charge is 0.260 e. The summed E-state index contributed by atoms with van der Waals surface area (Å²) in [7, 11) is 0. The molecule has 5 heteroatoms. The fourth-order valence-electron chi connectivity index (χ4n) is 4.48. The van der Waals surface area contributed by atoms with Crippen molar-refractivity contribution in [1.29, 1.82) is 0 Å². The van der Waals surface area contributed by atoms with E-state index < -0.39 is 0 Å². The summed E-state index contributed by atoms with van der Waals surface area (Å²) in [4.78, 5) is 28.7. The quantitative estimate of drug-likeness (QED) is 0.748. The number of fused-ring (bicyclic) bond motifs is 1. The Morgan fingerprint density at radius 3 is 2.24 bits per heavy atom. The van der Waals surface area contributed by atoms with Gasteiger partial charge in [-0.15, -0.1) is 0 Å². The Kier molecular flexibility index (Phi) is 6.33. The summed E-state index contributed by atoms with van der Waals surface area (Å²) in [6.45, 7) is 2.48. The topological polar surface area (TPSA) is 49.9 Å². The summed E-state index contributed by atoms with van der Waals surface area (Å²) >= 11 is 0. The number of carbonyl (C=O) groups is 2. The van der Waals surface area contributed by atoms with Gasteiger partial charge in [0.05, 0.1) is 0 Å². The van der Waals surface area contributed by atoms with Gasteiger partial charge in [-0.05, 0) is 35.2 Å². The first-order valence-electron chi connectivity index (χ1n) is 10.9. The molecular formula is C24H30N2O3. The van der Waals surface area contributed by atoms with Crippen molar-refractivity contribution in [2.75, 3.05) is 32.8 Å². The fourth-order valence-corrected chi connectivity index (χ4v) is 4.48. The molecule has 0 aromatic heterocycles. The van der Waals surface area contributed by atoms with Crippen molar-refractivity contribution in [2.45, 2.75) is 38.5 Å². The largest absolute Gasteiger partial charge is 0.484 e. The van der Waals surface area contributed by atoms with E-state index >= 15 is 0 Å². The van der Waals surface area contributed by atoms with Crippen molar-refractivity contribution in [2.24, 2.45) is 5.92 Å². The van der Waals surface area contributed by atoms with Crippen molar-refractivity contribution in [3.8, 4) is 5.75 Å². The lowest BCUT2D eigenvalue weighted by molar-refractivity contribution is -0.140. The molecule has 1 aliphatic carbocycles. The molecular weight excluding hydrogens is 364 g/mol. The van der Waals surface area contributed by atoms with Crippen LogP contribution in [0.15, 0.2) is 42.5 Å². The minimum absolute atomic E-state index is 0.0174. The van der Waals surface area contributed by atoms with Gasteiger partial charge >= 0.3 is 0 Å². The molecule has 0 unspecified atom stereocenters. The van der Waals surface area contributed by atoms with Gasteiger partial charge in [-0.1, -0.05) is 56.0 Å². The molecule has 2 aliphatic rings. The molecule has 4 rings (SSSR count). The second kappa shape index (κ2) is 9.29. The second-order valence-electron chi connectivity index (χ2n) is 8.25. The van der Waals surface area contributed by atoms with Gasteiger partial charge in [-0.25, -0.2) is 0 Å². The molecule has 0 radical (unpaired) electrons. The number of hydrogen-bond donors (Lipinski definition) is 0. The monoisotopic (exact) mass is 394 g/mol. The first-order chi connectivity index (χ1) is 14.2. The van der Waals surface area contributed by atoms with Gasteiger partial charge in [0.15, 0.2) is 6.61 Å². The molecule has 1 saturated carbocycles. The Balaban J connectivity index is 1.20. The highest BCUT2D eigenvalue weighted by molar-refractivity contribution is 5.84. The van der Waals surface area contributed by atoms with Gasteiger partial charge in [0, 0.05) is 32.6 Å². The molecule has 2 aromatic rings. The summed E-state index contributed by atoms with van der Waals surface area (Å²) in [5, 5.41) is 2.25. The van der Waals surface area contributed by atoms with Crippen molar-refractivity contribution >= 4 is 22.6 Å². The van der Waals surface area contributed by atoms with E-state index in [-0.39, 0.29) is 18.4 Å². The highest BCUT2D eigenvalue weighted by Gasteiger charge is 2.25. The minimum atomic E-state index is -0.0174. The maximum Gasteiger partial charge on any atom is 0.260 e. The second-order valence-corrected chi connectivity index (χ2v) is 8.25. The average molecular weight is 395 g/mol. The van der Waals surface area contributed by atoms with Gasteiger partial charge in [-0.3, -0.25) is 9.59 Å². The third-order valence-corrected chi connectivity index (χ3v) is 6.31. The van der Waals surface area contributed by atoms with E-state index in [2.05, 4.69) is 6.07 Å². The summed E-state index contributed by atoms with van der Waals surface area (Å²) in [6, 6.07) is 14.0. The zero-order valence-corrected chi connectivity index (χ0v) is 17.0. The SMILES string of the molecule is O=C(CCC1CCCC1)N1CCN(C(=O)COc2ccc3ccccc3c2)CC1. The van der Waals surface area contributed by atoms with Gasteiger partial charge in [0.2, 0.25) is 5.91 Å². The van der Waals surface area contributed by atoms with Crippen LogP contribution in [0.1, 0.15) is 38.5 Å². The predicted molar refractivity (Wildman–Crippen MR) is 114 cm³/mol. The molecule has 2 amide bonds. The van der Waals surface area contributed by atoms with Crippen LogP contribution in [0.25, 0.3) is 10.8 Å². The first kappa shape index (κ1) is 19.7. The molecule has 0 atom stereocenters. The molecule has 154 valence electrons. The third kappa shape index (κ3) is 5.08. The summed E-state index contributed by atoms with van der Waals surface area (Å²) in [5.74, 6) is 1.68. The standard InChI is InChI=1S/C24H30N2O3/c27-23(12-9-19-5-1-2-6-19)25-13-15-26(16-14-25)24(28)18-29-22-11-10-20-7-3-4-8-21(20)17-22/h3-4,7-8,10-11,17,19H,1-2,5-6,9,12-16,18H2. The Bertz CT molecular complexity index is 852. The Morgan fingerprint density at radius 1 is 0.862 bits per heavy atom. The van der Waals surface area contributed by atoms with Gasteiger partial charge in [0.1, 0.15) is 5.75 Å². The molecule has 0 spiro atoms. The molecule has 2 fully saturated rings. The minimum Gasteiger partial charge on any atom is -0.484 e. The number of amides is 2. The van der Waals surface area contributed by atoms with Crippen molar-refractivity contribution < 1.29 is 14.3 Å². The number of nitrogens with zero attached hydrogens (tertiary/aromatic N) is 2. The molecule has 5 nitrogen and oxygen atoms in total. The van der Waals surface area contributed by atoms with E-state index in [1.807, 2.05) is 46.2 Å². The van der Waals surface area contributed by atoms with Crippen LogP contribution >= 0.6 is 0 Å². The summed E-state index contributed by atoms with van der Waals surface area (Å²) in [5.41, 5.74) is 0. The van der Waals surface area contributed by atoms with E-state index in [1.165, 1.54) is 25.7 Å². The van der Waals surface area contributed by atoms with E-state index in [1.54, 1.807) is 0 Å². The Labute approximate surface area is 172 Å². The highest BCUT2D eigenvalue weighted by atomic mass is 16.5. The molecule has 1 aliphatic heterocycles. The van der Waals surface area contributed by atoms with Crippen molar-refractivity contribution in [1.82, 2.24) is 9.80 Å². The number of ether oxygens (including phenoxy) is 1. The normalized spacial score (nSPS) is 17.7. The summed E-state index contributed by atoms with van der Waals surface area (Å²) < 4.78 is 5.73. The van der Waals surface area contributed by atoms with Gasteiger partial charge in [-0.2, -0.15) is 0 Å². The average Bonchev–Trinajstić information content (AvgIpc) is 3.29.